The number of methoxy groups -OCH3 is 1. The number of nitrogens with one attached hydrogen (secondary N) is 1. The molecule has 0 aliphatic carbocycles. The molecule has 1 aliphatic heterocycles. The van der Waals surface area contributed by atoms with Crippen molar-refractivity contribution in [3.63, 3.8) is 0 Å². The Morgan fingerprint density at radius 2 is 2.33 bits per heavy atom. The van der Waals surface area contributed by atoms with Crippen LogP contribution in [0.25, 0.3) is 0 Å². The molecule has 0 amide bonds. The van der Waals surface area contributed by atoms with E-state index in [-0.39, 0.29) is 11.9 Å². The number of hydrogen-bond acceptors (Lipinski definition) is 5. The summed E-state index contributed by atoms with van der Waals surface area (Å²) in [5.41, 5.74) is 1.74. The third-order valence-corrected chi connectivity index (χ3v) is 3.65. The molecule has 5 nitrogen and oxygen atoms in total. The molecular formula is C16H24N2O3. The topological polar surface area (TPSA) is 50.8 Å². The van der Waals surface area contributed by atoms with E-state index >= 15 is 0 Å². The van der Waals surface area contributed by atoms with E-state index in [1.807, 2.05) is 12.1 Å². The maximum atomic E-state index is 11.5. The largest absolute Gasteiger partial charge is 0.496 e. The Morgan fingerprint density at radius 3 is 2.95 bits per heavy atom. The van der Waals surface area contributed by atoms with Crippen molar-refractivity contribution in [1.82, 2.24) is 10.2 Å². The number of morpholine rings is 1. The van der Waals surface area contributed by atoms with Gasteiger partial charge in [0.05, 0.1) is 19.8 Å². The molecule has 1 saturated heterocycles. The molecule has 116 valence electrons. The van der Waals surface area contributed by atoms with Gasteiger partial charge in [-0.15, -0.1) is 0 Å². The second-order valence-corrected chi connectivity index (χ2v) is 5.48. The Kier molecular flexibility index (Phi) is 5.73. The smallest absolute Gasteiger partial charge is 0.159 e. The number of rotatable bonds is 6. The van der Waals surface area contributed by atoms with Gasteiger partial charge in [0.15, 0.2) is 5.78 Å². The number of ketones is 1. The fraction of sp³-hybridized carbons (Fsp3) is 0.562. The van der Waals surface area contributed by atoms with E-state index < -0.39 is 0 Å². The average Bonchev–Trinajstić information content (AvgIpc) is 2.48. The molecule has 1 aromatic carbocycles. The van der Waals surface area contributed by atoms with Crippen LogP contribution in [0.1, 0.15) is 22.8 Å². The summed E-state index contributed by atoms with van der Waals surface area (Å²) in [5, 5.41) is 3.33. The van der Waals surface area contributed by atoms with E-state index in [0.29, 0.717) is 0 Å². The van der Waals surface area contributed by atoms with E-state index in [1.165, 1.54) is 0 Å². The fourth-order valence-corrected chi connectivity index (χ4v) is 2.56. The summed E-state index contributed by atoms with van der Waals surface area (Å²) in [4.78, 5) is 13.7. The summed E-state index contributed by atoms with van der Waals surface area (Å²) in [5.74, 6) is 0.885. The van der Waals surface area contributed by atoms with E-state index in [4.69, 9.17) is 9.47 Å². The van der Waals surface area contributed by atoms with Crippen molar-refractivity contribution in [2.75, 3.05) is 40.4 Å². The molecule has 1 fully saturated rings. The molecule has 1 N–H and O–H groups in total. The highest BCUT2D eigenvalue weighted by atomic mass is 16.5. The van der Waals surface area contributed by atoms with E-state index in [0.717, 1.165) is 49.7 Å². The molecule has 1 heterocycles. The standard InChI is InChI=1S/C16H24N2O3/c1-12(19)13-4-5-16(20-3)14(8-13)10-18(2)11-15-9-17-6-7-21-15/h4-5,8,15,17H,6-7,9-11H2,1-3H3. The lowest BCUT2D eigenvalue weighted by molar-refractivity contribution is 0.00875. The van der Waals surface area contributed by atoms with Gasteiger partial charge < -0.3 is 14.8 Å². The van der Waals surface area contributed by atoms with Gasteiger partial charge in [-0.3, -0.25) is 9.69 Å². The Hall–Kier alpha value is -1.43. The second-order valence-electron chi connectivity index (χ2n) is 5.48. The van der Waals surface area contributed by atoms with Crippen LogP contribution < -0.4 is 10.1 Å². The minimum atomic E-state index is 0.0707. The lowest BCUT2D eigenvalue weighted by Gasteiger charge is -2.28. The minimum Gasteiger partial charge on any atom is -0.496 e. The Balaban J connectivity index is 2.02. The number of carbonyl (C=O) groups excluding carboxylic acids is 1. The molecule has 0 spiro atoms. The molecule has 0 bridgehead atoms. The van der Waals surface area contributed by atoms with Crippen LogP contribution >= 0.6 is 0 Å². The van der Waals surface area contributed by atoms with Gasteiger partial charge in [-0.2, -0.15) is 0 Å². The van der Waals surface area contributed by atoms with E-state index in [1.54, 1.807) is 20.1 Å². The molecule has 1 aliphatic rings. The number of nitrogens with zero attached hydrogens (tertiary/aromatic N) is 1. The minimum absolute atomic E-state index is 0.0707. The molecular weight excluding hydrogens is 268 g/mol. The first kappa shape index (κ1) is 15.9. The summed E-state index contributed by atoms with van der Waals surface area (Å²) < 4.78 is 11.1. The Labute approximate surface area is 126 Å². The zero-order chi connectivity index (χ0) is 15.2. The zero-order valence-electron chi connectivity index (χ0n) is 13.0. The lowest BCUT2D eigenvalue weighted by Crippen LogP contribution is -2.44. The van der Waals surface area contributed by atoms with Gasteiger partial charge in [0.25, 0.3) is 0 Å². The van der Waals surface area contributed by atoms with Crippen LogP contribution in [-0.4, -0.2) is 57.2 Å². The maximum absolute atomic E-state index is 11.5. The predicted octanol–water partition coefficient (Wildman–Crippen LogP) is 1.32. The maximum Gasteiger partial charge on any atom is 0.159 e. The van der Waals surface area contributed by atoms with Crippen molar-refractivity contribution >= 4 is 5.78 Å². The number of hydrogen-bond donors (Lipinski definition) is 1. The zero-order valence-corrected chi connectivity index (χ0v) is 13.0. The van der Waals surface area contributed by atoms with Gasteiger partial charge >= 0.3 is 0 Å². The molecule has 0 radical (unpaired) electrons. The first-order chi connectivity index (χ1) is 10.1. The molecule has 1 unspecified atom stereocenters. The average molecular weight is 292 g/mol. The second kappa shape index (κ2) is 7.54. The molecule has 1 aromatic rings. The Morgan fingerprint density at radius 1 is 1.52 bits per heavy atom. The summed E-state index contributed by atoms with van der Waals surface area (Å²) in [6, 6.07) is 5.58. The van der Waals surface area contributed by atoms with Crippen LogP contribution in [0.2, 0.25) is 0 Å². The molecule has 21 heavy (non-hydrogen) atoms. The van der Waals surface area contributed by atoms with Gasteiger partial charge in [-0.1, -0.05) is 0 Å². The van der Waals surface area contributed by atoms with Crippen LogP contribution in [-0.2, 0) is 11.3 Å². The summed E-state index contributed by atoms with van der Waals surface area (Å²) in [7, 11) is 3.71. The van der Waals surface area contributed by atoms with Gasteiger partial charge in [-0.05, 0) is 32.2 Å². The number of benzene rings is 1. The van der Waals surface area contributed by atoms with Crippen LogP contribution in [0.5, 0.6) is 5.75 Å². The highest BCUT2D eigenvalue weighted by Crippen LogP contribution is 2.22. The Bertz CT molecular complexity index is 484. The SMILES string of the molecule is COc1ccc(C(C)=O)cc1CN(C)CC1CNCCO1. The van der Waals surface area contributed by atoms with Crippen molar-refractivity contribution in [2.45, 2.75) is 19.6 Å². The first-order valence-electron chi connectivity index (χ1n) is 7.29. The van der Waals surface area contributed by atoms with Crippen molar-refractivity contribution in [3.8, 4) is 5.75 Å². The molecule has 0 aromatic heterocycles. The highest BCUT2D eigenvalue weighted by molar-refractivity contribution is 5.94. The molecule has 2 rings (SSSR count). The van der Waals surface area contributed by atoms with Crippen molar-refractivity contribution < 1.29 is 14.3 Å². The van der Waals surface area contributed by atoms with Crippen LogP contribution in [0.3, 0.4) is 0 Å². The van der Waals surface area contributed by atoms with Gasteiger partial charge in [0.2, 0.25) is 0 Å². The molecule has 1 atom stereocenters. The summed E-state index contributed by atoms with van der Waals surface area (Å²) >= 11 is 0. The third kappa shape index (κ3) is 4.52. The van der Waals surface area contributed by atoms with Crippen LogP contribution in [0.15, 0.2) is 18.2 Å². The van der Waals surface area contributed by atoms with E-state index in [2.05, 4.69) is 17.3 Å². The summed E-state index contributed by atoms with van der Waals surface area (Å²) in [6.07, 6.45) is 0.214. The normalized spacial score (nSPS) is 18.8. The lowest BCUT2D eigenvalue weighted by atomic mass is 10.1. The van der Waals surface area contributed by atoms with Crippen molar-refractivity contribution in [2.24, 2.45) is 0 Å². The monoisotopic (exact) mass is 292 g/mol. The molecule has 5 heteroatoms. The number of Topliss-reactive ketones (excluding diaryl/α,β-unsaturated/α-hetero) is 1. The first-order valence-corrected chi connectivity index (χ1v) is 7.29. The van der Waals surface area contributed by atoms with Gasteiger partial charge in [-0.25, -0.2) is 0 Å². The fourth-order valence-electron chi connectivity index (χ4n) is 2.56. The summed E-state index contributed by atoms with van der Waals surface area (Å²) in [6.45, 7) is 5.73. The van der Waals surface area contributed by atoms with Crippen molar-refractivity contribution in [1.29, 1.82) is 0 Å². The van der Waals surface area contributed by atoms with Crippen LogP contribution in [0.4, 0.5) is 0 Å². The third-order valence-electron chi connectivity index (χ3n) is 3.65. The highest BCUT2D eigenvalue weighted by Gasteiger charge is 2.17. The van der Waals surface area contributed by atoms with Gasteiger partial charge in [0, 0.05) is 37.3 Å². The van der Waals surface area contributed by atoms with E-state index in [9.17, 15) is 4.79 Å². The molecule has 0 saturated carbocycles. The predicted molar refractivity (Wildman–Crippen MR) is 81.9 cm³/mol. The van der Waals surface area contributed by atoms with Gasteiger partial charge in [0.1, 0.15) is 5.75 Å². The number of likely N-dealkylation sites (N-methyl/N-ethyl adjacent to an activating group) is 1. The number of carbonyl (C=O) groups is 1. The van der Waals surface area contributed by atoms with Crippen molar-refractivity contribution in [3.05, 3.63) is 29.3 Å². The quantitative estimate of drug-likeness (QED) is 0.801. The van der Waals surface area contributed by atoms with Crippen LogP contribution in [0, 0.1) is 0 Å². The number of ether oxygens (including phenoxy) is 2.